The third-order valence-electron chi connectivity index (χ3n) is 2.32. The molecule has 0 aliphatic rings. The van der Waals surface area contributed by atoms with Crippen LogP contribution in [0.25, 0.3) is 0 Å². The van der Waals surface area contributed by atoms with E-state index in [0.717, 1.165) is 16.3 Å². The van der Waals surface area contributed by atoms with Gasteiger partial charge in [-0.05, 0) is 20.3 Å². The van der Waals surface area contributed by atoms with Crippen LogP contribution in [0.15, 0.2) is 10.4 Å². The Kier molecular flexibility index (Phi) is 4.34. The quantitative estimate of drug-likeness (QED) is 0.842. The van der Waals surface area contributed by atoms with E-state index in [9.17, 15) is 8.42 Å². The monoisotopic (exact) mass is 282 g/mol. The Hall–Kier alpha value is -0.170. The van der Waals surface area contributed by atoms with Crippen molar-refractivity contribution in [2.24, 2.45) is 0 Å². The molecule has 0 aliphatic heterocycles. The van der Waals surface area contributed by atoms with Gasteiger partial charge in [0.1, 0.15) is 0 Å². The third kappa shape index (κ3) is 3.16. The molecule has 0 bridgehead atoms. The van der Waals surface area contributed by atoms with Gasteiger partial charge in [0.25, 0.3) is 10.0 Å². The number of nitrogens with zero attached hydrogens (tertiary/aromatic N) is 1. The second-order valence-electron chi connectivity index (χ2n) is 3.85. The van der Waals surface area contributed by atoms with E-state index in [1.54, 1.807) is 13.8 Å². The summed E-state index contributed by atoms with van der Waals surface area (Å²) in [5.41, 5.74) is -0.613. The Morgan fingerprint density at radius 2 is 2.25 bits per heavy atom. The van der Waals surface area contributed by atoms with Gasteiger partial charge in [0.2, 0.25) is 0 Å². The summed E-state index contributed by atoms with van der Waals surface area (Å²) in [6.45, 7) is 5.44. The van der Waals surface area contributed by atoms with Crippen LogP contribution >= 0.6 is 22.9 Å². The minimum absolute atomic E-state index is 0.231. The zero-order valence-electron chi connectivity index (χ0n) is 9.45. The van der Waals surface area contributed by atoms with E-state index in [2.05, 4.69) is 9.71 Å². The van der Waals surface area contributed by atoms with Gasteiger partial charge in [-0.1, -0.05) is 6.92 Å². The SMILES string of the molecule is CCC(C)(CCl)NS(=O)(=O)c1cnc(C)s1. The standard InChI is InChI=1S/C9H15ClN2O2S2/c1-4-9(3,6-10)12-16(13,14)8-5-11-7(2)15-8/h5,12H,4,6H2,1-3H3. The van der Waals surface area contributed by atoms with Crippen LogP contribution in [0.4, 0.5) is 0 Å². The Morgan fingerprint density at radius 1 is 1.62 bits per heavy atom. The smallest absolute Gasteiger partial charge is 0.249 e. The highest BCUT2D eigenvalue weighted by Gasteiger charge is 2.29. The Bertz CT molecular complexity index is 452. The number of alkyl halides is 1. The number of aromatic nitrogens is 1. The molecule has 1 aromatic rings. The summed E-state index contributed by atoms with van der Waals surface area (Å²) < 4.78 is 26.8. The van der Waals surface area contributed by atoms with E-state index in [1.165, 1.54) is 6.20 Å². The molecule has 1 atom stereocenters. The van der Waals surface area contributed by atoms with Crippen LogP contribution in [0.3, 0.4) is 0 Å². The number of hydrogen-bond acceptors (Lipinski definition) is 4. The first kappa shape index (κ1) is 13.9. The molecule has 1 rings (SSSR count). The summed E-state index contributed by atoms with van der Waals surface area (Å²) in [5.74, 6) is 0.237. The van der Waals surface area contributed by atoms with Gasteiger partial charge < -0.3 is 0 Å². The molecule has 1 aromatic heterocycles. The average Bonchev–Trinajstić information content (AvgIpc) is 2.65. The molecule has 0 fully saturated rings. The Labute approximate surface area is 105 Å². The van der Waals surface area contributed by atoms with E-state index >= 15 is 0 Å². The summed E-state index contributed by atoms with van der Waals surface area (Å²) in [5, 5.41) is 0.726. The molecule has 0 saturated heterocycles. The minimum atomic E-state index is -3.50. The van der Waals surface area contributed by atoms with E-state index < -0.39 is 15.6 Å². The molecule has 0 aromatic carbocycles. The number of thiazole rings is 1. The van der Waals surface area contributed by atoms with Crippen LogP contribution in [0.2, 0.25) is 0 Å². The lowest BCUT2D eigenvalue weighted by molar-refractivity contribution is 0.445. The molecule has 0 radical (unpaired) electrons. The number of aryl methyl sites for hydroxylation is 1. The van der Waals surface area contributed by atoms with Crippen LogP contribution in [0, 0.1) is 6.92 Å². The first-order valence-corrected chi connectivity index (χ1v) is 7.69. The fraction of sp³-hybridized carbons (Fsp3) is 0.667. The molecule has 0 aliphatic carbocycles. The Morgan fingerprint density at radius 3 is 2.62 bits per heavy atom. The van der Waals surface area contributed by atoms with Crippen molar-refractivity contribution in [3.8, 4) is 0 Å². The van der Waals surface area contributed by atoms with Gasteiger partial charge in [-0.3, -0.25) is 0 Å². The van der Waals surface area contributed by atoms with Crippen molar-refractivity contribution in [3.05, 3.63) is 11.2 Å². The normalized spacial score (nSPS) is 16.0. The number of halogens is 1. The van der Waals surface area contributed by atoms with Gasteiger partial charge in [0.05, 0.1) is 11.2 Å². The topological polar surface area (TPSA) is 59.1 Å². The summed E-state index contributed by atoms with van der Waals surface area (Å²) >= 11 is 6.92. The molecule has 92 valence electrons. The maximum Gasteiger partial charge on any atom is 0.252 e. The van der Waals surface area contributed by atoms with Crippen molar-refractivity contribution in [1.29, 1.82) is 0 Å². The van der Waals surface area contributed by atoms with Crippen molar-refractivity contribution in [1.82, 2.24) is 9.71 Å². The zero-order valence-corrected chi connectivity index (χ0v) is 11.8. The molecule has 0 spiro atoms. The van der Waals surface area contributed by atoms with Crippen LogP contribution in [0.1, 0.15) is 25.3 Å². The van der Waals surface area contributed by atoms with Crippen molar-refractivity contribution >= 4 is 33.0 Å². The zero-order chi connectivity index (χ0) is 12.4. The molecule has 1 N–H and O–H groups in total. The van der Waals surface area contributed by atoms with E-state index in [0.29, 0.717) is 6.42 Å². The molecular formula is C9H15ClN2O2S2. The maximum atomic E-state index is 12.0. The predicted octanol–water partition coefficient (Wildman–Crippen LogP) is 2.14. The molecule has 7 heteroatoms. The summed E-state index contributed by atoms with van der Waals surface area (Å²) in [6, 6.07) is 0. The van der Waals surface area contributed by atoms with Crippen molar-refractivity contribution < 1.29 is 8.42 Å². The van der Waals surface area contributed by atoms with Gasteiger partial charge in [-0.2, -0.15) is 0 Å². The fourth-order valence-corrected chi connectivity index (χ4v) is 3.95. The van der Waals surface area contributed by atoms with Gasteiger partial charge >= 0.3 is 0 Å². The number of nitrogens with one attached hydrogen (secondary N) is 1. The summed E-state index contributed by atoms with van der Waals surface area (Å²) in [4.78, 5) is 3.93. The van der Waals surface area contributed by atoms with Gasteiger partial charge in [0.15, 0.2) is 4.21 Å². The van der Waals surface area contributed by atoms with Crippen LogP contribution in [0.5, 0.6) is 0 Å². The molecular weight excluding hydrogens is 268 g/mol. The third-order valence-corrected chi connectivity index (χ3v) is 5.92. The first-order chi connectivity index (χ1) is 7.33. The van der Waals surface area contributed by atoms with Gasteiger partial charge in [0, 0.05) is 11.4 Å². The first-order valence-electron chi connectivity index (χ1n) is 4.85. The van der Waals surface area contributed by atoms with Crippen molar-refractivity contribution in [2.45, 2.75) is 36.9 Å². The van der Waals surface area contributed by atoms with E-state index in [4.69, 9.17) is 11.6 Å². The lowest BCUT2D eigenvalue weighted by Gasteiger charge is -2.26. The highest BCUT2D eigenvalue weighted by atomic mass is 35.5. The second-order valence-corrected chi connectivity index (χ2v) is 7.26. The average molecular weight is 283 g/mol. The largest absolute Gasteiger partial charge is 0.252 e. The molecule has 1 unspecified atom stereocenters. The molecule has 16 heavy (non-hydrogen) atoms. The van der Waals surface area contributed by atoms with Crippen LogP contribution in [-0.2, 0) is 10.0 Å². The van der Waals surface area contributed by atoms with E-state index in [1.807, 2.05) is 6.92 Å². The van der Waals surface area contributed by atoms with Crippen molar-refractivity contribution in [2.75, 3.05) is 5.88 Å². The minimum Gasteiger partial charge on any atom is -0.249 e. The lowest BCUT2D eigenvalue weighted by Crippen LogP contribution is -2.46. The Balaban J connectivity index is 2.96. The maximum absolute atomic E-state index is 12.0. The van der Waals surface area contributed by atoms with Gasteiger partial charge in [-0.15, -0.1) is 22.9 Å². The van der Waals surface area contributed by atoms with Crippen molar-refractivity contribution in [3.63, 3.8) is 0 Å². The molecule has 0 saturated carbocycles. The number of hydrogen-bond donors (Lipinski definition) is 1. The summed E-state index contributed by atoms with van der Waals surface area (Å²) in [7, 11) is -3.50. The number of sulfonamides is 1. The highest BCUT2D eigenvalue weighted by molar-refractivity contribution is 7.91. The van der Waals surface area contributed by atoms with Gasteiger partial charge in [-0.25, -0.2) is 18.1 Å². The molecule has 4 nitrogen and oxygen atoms in total. The molecule has 0 amide bonds. The van der Waals surface area contributed by atoms with Crippen LogP contribution in [-0.4, -0.2) is 24.8 Å². The highest BCUT2D eigenvalue weighted by Crippen LogP contribution is 2.21. The summed E-state index contributed by atoms with van der Waals surface area (Å²) in [6.07, 6.45) is 2.00. The fourth-order valence-electron chi connectivity index (χ4n) is 1.03. The van der Waals surface area contributed by atoms with Crippen LogP contribution < -0.4 is 4.72 Å². The van der Waals surface area contributed by atoms with E-state index in [-0.39, 0.29) is 10.1 Å². The number of rotatable bonds is 5. The lowest BCUT2D eigenvalue weighted by atomic mass is 10.0. The predicted molar refractivity (Wildman–Crippen MR) is 66.6 cm³/mol. The second kappa shape index (κ2) is 5.00. The molecule has 1 heterocycles.